The van der Waals surface area contributed by atoms with Gasteiger partial charge in [-0.1, -0.05) is 0 Å². The fourth-order valence-corrected chi connectivity index (χ4v) is 4.67. The number of aliphatic hydroxyl groups is 1. The van der Waals surface area contributed by atoms with Crippen molar-refractivity contribution in [1.82, 2.24) is 4.72 Å². The topological polar surface area (TPSA) is 92.4 Å². The molecule has 0 radical (unpaired) electrons. The van der Waals surface area contributed by atoms with Gasteiger partial charge in [-0.2, -0.15) is 11.8 Å². The van der Waals surface area contributed by atoms with Crippen molar-refractivity contribution in [1.29, 1.82) is 0 Å². The minimum absolute atomic E-state index is 0.0788. The summed E-state index contributed by atoms with van der Waals surface area (Å²) in [5.74, 6) is 0. The van der Waals surface area contributed by atoms with Crippen molar-refractivity contribution in [3.63, 3.8) is 0 Å². The molecule has 1 aromatic rings. The number of sulfonamides is 1. The zero-order chi connectivity index (χ0) is 15.5. The molecule has 1 rings (SSSR count). The highest BCUT2D eigenvalue weighted by Gasteiger charge is 2.25. The van der Waals surface area contributed by atoms with Gasteiger partial charge in [0.15, 0.2) is 0 Å². The van der Waals surface area contributed by atoms with E-state index in [0.717, 1.165) is 0 Å². The molecule has 114 valence electrons. The van der Waals surface area contributed by atoms with Crippen LogP contribution >= 0.6 is 11.8 Å². The van der Waals surface area contributed by atoms with Crippen molar-refractivity contribution >= 4 is 27.5 Å². The van der Waals surface area contributed by atoms with Crippen LogP contribution in [0.2, 0.25) is 0 Å². The average molecular weight is 318 g/mol. The van der Waals surface area contributed by atoms with Gasteiger partial charge in [-0.15, -0.1) is 0 Å². The molecule has 0 aliphatic carbocycles. The van der Waals surface area contributed by atoms with Crippen LogP contribution in [-0.2, 0) is 10.0 Å². The Morgan fingerprint density at radius 3 is 2.25 bits per heavy atom. The second-order valence-electron chi connectivity index (χ2n) is 4.85. The van der Waals surface area contributed by atoms with Gasteiger partial charge in [0.1, 0.15) is 0 Å². The predicted molar refractivity (Wildman–Crippen MR) is 84.5 cm³/mol. The van der Waals surface area contributed by atoms with E-state index >= 15 is 0 Å². The number of aliphatic hydroxyl groups excluding tert-OH is 1. The molecular weight excluding hydrogens is 296 g/mol. The zero-order valence-electron chi connectivity index (χ0n) is 12.2. The third kappa shape index (κ3) is 3.88. The molecule has 2 atom stereocenters. The third-order valence-electron chi connectivity index (χ3n) is 3.13. The van der Waals surface area contributed by atoms with Gasteiger partial charge in [-0.25, -0.2) is 13.1 Å². The number of hydrogen-bond acceptors (Lipinski definition) is 5. The molecule has 2 unspecified atom stereocenters. The molecule has 0 spiro atoms. The number of nitrogen functional groups attached to an aromatic ring is 1. The van der Waals surface area contributed by atoms with Gasteiger partial charge in [0.05, 0.1) is 11.5 Å². The Balaban J connectivity index is 3.12. The highest BCUT2D eigenvalue weighted by atomic mass is 32.2. The minimum atomic E-state index is -3.63. The Labute approximate surface area is 125 Å². The van der Waals surface area contributed by atoms with E-state index in [9.17, 15) is 13.5 Å². The maximum Gasteiger partial charge on any atom is 0.241 e. The van der Waals surface area contributed by atoms with E-state index in [1.807, 2.05) is 6.26 Å². The summed E-state index contributed by atoms with van der Waals surface area (Å²) in [7, 11) is -3.63. The number of nitrogens with one attached hydrogen (secondary N) is 1. The van der Waals surface area contributed by atoms with E-state index in [2.05, 4.69) is 4.72 Å². The summed E-state index contributed by atoms with van der Waals surface area (Å²) in [6.45, 7) is 5.11. The Kier molecular flexibility index (Phi) is 5.88. The van der Waals surface area contributed by atoms with Crippen LogP contribution in [0, 0.1) is 13.8 Å². The second-order valence-corrected chi connectivity index (χ2v) is 7.58. The minimum Gasteiger partial charge on any atom is -0.399 e. The van der Waals surface area contributed by atoms with Crippen LogP contribution in [0.15, 0.2) is 17.0 Å². The molecule has 7 heteroatoms. The molecule has 0 saturated heterocycles. The summed E-state index contributed by atoms with van der Waals surface area (Å²) < 4.78 is 27.6. The Morgan fingerprint density at radius 1 is 1.35 bits per heavy atom. The fourth-order valence-electron chi connectivity index (χ4n) is 2.22. The summed E-state index contributed by atoms with van der Waals surface area (Å²) in [6.07, 6.45) is 1.84. The van der Waals surface area contributed by atoms with Crippen LogP contribution in [0.4, 0.5) is 5.69 Å². The summed E-state index contributed by atoms with van der Waals surface area (Å²) >= 11 is 1.43. The van der Waals surface area contributed by atoms with Gasteiger partial charge in [0.2, 0.25) is 10.0 Å². The molecule has 4 N–H and O–H groups in total. The molecule has 1 aromatic carbocycles. The SMILES string of the molecule is CSC(CO)C(C)NS(=O)(=O)c1c(C)cc(N)cc1C. The number of thioether (sulfide) groups is 1. The van der Waals surface area contributed by atoms with Gasteiger partial charge < -0.3 is 10.8 Å². The average Bonchev–Trinajstić information content (AvgIpc) is 2.27. The fraction of sp³-hybridized carbons (Fsp3) is 0.538. The van der Waals surface area contributed by atoms with E-state index in [1.165, 1.54) is 11.8 Å². The quantitative estimate of drug-likeness (QED) is 0.687. The van der Waals surface area contributed by atoms with Crippen LogP contribution < -0.4 is 10.5 Å². The van der Waals surface area contributed by atoms with Crippen LogP contribution in [0.1, 0.15) is 18.1 Å². The molecule has 0 heterocycles. The first-order chi connectivity index (χ1) is 9.22. The molecule has 5 nitrogen and oxygen atoms in total. The molecule has 0 aliphatic rings. The normalized spacial score (nSPS) is 15.1. The predicted octanol–water partition coefficient (Wildman–Crippen LogP) is 1.28. The van der Waals surface area contributed by atoms with Crippen LogP contribution in [0.5, 0.6) is 0 Å². The second kappa shape index (κ2) is 6.80. The van der Waals surface area contributed by atoms with Crippen LogP contribution in [0.3, 0.4) is 0 Å². The number of anilines is 1. The smallest absolute Gasteiger partial charge is 0.241 e. The van der Waals surface area contributed by atoms with Crippen molar-refractivity contribution < 1.29 is 13.5 Å². The van der Waals surface area contributed by atoms with Crippen molar-refractivity contribution in [2.24, 2.45) is 0 Å². The molecule has 0 bridgehead atoms. The van der Waals surface area contributed by atoms with Crippen molar-refractivity contribution in [3.05, 3.63) is 23.3 Å². The lowest BCUT2D eigenvalue weighted by Gasteiger charge is -2.22. The van der Waals surface area contributed by atoms with E-state index < -0.39 is 10.0 Å². The first-order valence-electron chi connectivity index (χ1n) is 6.25. The lowest BCUT2D eigenvalue weighted by Crippen LogP contribution is -2.41. The van der Waals surface area contributed by atoms with Crippen molar-refractivity contribution in [3.8, 4) is 0 Å². The van der Waals surface area contributed by atoms with Crippen LogP contribution in [-0.4, -0.2) is 37.7 Å². The molecule has 0 aromatic heterocycles. The first-order valence-corrected chi connectivity index (χ1v) is 9.02. The molecule has 0 saturated carbocycles. The highest BCUT2D eigenvalue weighted by molar-refractivity contribution is 7.99. The van der Waals surface area contributed by atoms with Gasteiger partial charge in [-0.05, 0) is 50.3 Å². The van der Waals surface area contributed by atoms with Crippen LogP contribution in [0.25, 0.3) is 0 Å². The zero-order valence-corrected chi connectivity index (χ0v) is 13.8. The number of aryl methyl sites for hydroxylation is 2. The van der Waals surface area contributed by atoms with Crippen molar-refractivity contribution in [2.75, 3.05) is 18.6 Å². The summed E-state index contributed by atoms with van der Waals surface area (Å²) in [5, 5.41) is 9.06. The number of nitrogens with two attached hydrogens (primary N) is 1. The van der Waals surface area contributed by atoms with E-state index in [-0.39, 0.29) is 22.8 Å². The summed E-state index contributed by atoms with van der Waals surface area (Å²) in [6, 6.07) is 2.92. The van der Waals surface area contributed by atoms with Crippen molar-refractivity contribution in [2.45, 2.75) is 37.0 Å². The lowest BCUT2D eigenvalue weighted by molar-refractivity contribution is 0.282. The maximum absolute atomic E-state index is 12.5. The largest absolute Gasteiger partial charge is 0.399 e. The number of rotatable bonds is 6. The van der Waals surface area contributed by atoms with E-state index in [1.54, 1.807) is 32.9 Å². The molecular formula is C13H22N2O3S2. The highest BCUT2D eigenvalue weighted by Crippen LogP contribution is 2.24. The Hall–Kier alpha value is -0.760. The Morgan fingerprint density at radius 2 is 1.85 bits per heavy atom. The lowest BCUT2D eigenvalue weighted by atomic mass is 10.1. The molecule has 0 amide bonds. The molecule has 0 fully saturated rings. The van der Waals surface area contributed by atoms with Gasteiger partial charge in [0.25, 0.3) is 0 Å². The monoisotopic (exact) mass is 318 g/mol. The van der Waals surface area contributed by atoms with E-state index in [4.69, 9.17) is 5.73 Å². The maximum atomic E-state index is 12.5. The summed E-state index contributed by atoms with van der Waals surface area (Å²) in [4.78, 5) is 0.261. The van der Waals surface area contributed by atoms with E-state index in [0.29, 0.717) is 16.8 Å². The molecule has 0 aliphatic heterocycles. The third-order valence-corrected chi connectivity index (χ3v) is 6.16. The number of hydrogen-bond donors (Lipinski definition) is 3. The Bertz CT molecular complexity index is 546. The summed E-state index contributed by atoms with van der Waals surface area (Å²) in [5.41, 5.74) is 7.49. The van der Waals surface area contributed by atoms with Gasteiger partial charge >= 0.3 is 0 Å². The molecule has 20 heavy (non-hydrogen) atoms. The van der Waals surface area contributed by atoms with Gasteiger partial charge in [0, 0.05) is 17.0 Å². The number of benzene rings is 1. The van der Waals surface area contributed by atoms with Gasteiger partial charge in [-0.3, -0.25) is 0 Å². The standard InChI is InChI=1S/C13H22N2O3S2/c1-8-5-11(14)6-9(2)13(8)20(17,18)15-10(3)12(7-16)19-4/h5-6,10,12,15-16H,7,14H2,1-4H3. The first kappa shape index (κ1) is 17.3.